The number of carbonyl (C=O) groups excluding carboxylic acids is 1. The van der Waals surface area contributed by atoms with E-state index < -0.39 is 0 Å². The van der Waals surface area contributed by atoms with Crippen LogP contribution in [0.5, 0.6) is 0 Å². The fourth-order valence-electron chi connectivity index (χ4n) is 4.37. The van der Waals surface area contributed by atoms with E-state index in [4.69, 9.17) is 16.6 Å². The van der Waals surface area contributed by atoms with E-state index in [0.717, 1.165) is 36.1 Å². The van der Waals surface area contributed by atoms with Crippen molar-refractivity contribution in [2.45, 2.75) is 26.3 Å². The summed E-state index contributed by atoms with van der Waals surface area (Å²) in [6.07, 6.45) is 1.66. The van der Waals surface area contributed by atoms with Crippen molar-refractivity contribution < 1.29 is 4.79 Å². The summed E-state index contributed by atoms with van der Waals surface area (Å²) in [6, 6.07) is 15.7. The lowest BCUT2D eigenvalue weighted by Crippen LogP contribution is -2.44. The smallest absolute Gasteiger partial charge is 0.270 e. The van der Waals surface area contributed by atoms with Crippen LogP contribution in [0.4, 0.5) is 5.95 Å². The lowest BCUT2D eigenvalue weighted by Gasteiger charge is -2.32. The van der Waals surface area contributed by atoms with Crippen molar-refractivity contribution in [3.05, 3.63) is 80.4 Å². The van der Waals surface area contributed by atoms with Gasteiger partial charge in [-0.15, -0.1) is 11.3 Å². The van der Waals surface area contributed by atoms with Crippen LogP contribution >= 0.6 is 22.9 Å². The van der Waals surface area contributed by atoms with Crippen LogP contribution in [0, 0.1) is 12.8 Å². The highest BCUT2D eigenvalue weighted by molar-refractivity contribution is 7.17. The minimum absolute atomic E-state index is 0.00368. The molecule has 4 aromatic rings. The summed E-state index contributed by atoms with van der Waals surface area (Å²) in [5.74, 6) is 0.355. The van der Waals surface area contributed by atoms with Crippen LogP contribution in [0.2, 0.25) is 5.02 Å². The molecule has 0 spiro atoms. The van der Waals surface area contributed by atoms with Gasteiger partial charge in [0.25, 0.3) is 5.56 Å². The van der Waals surface area contributed by atoms with E-state index in [0.29, 0.717) is 34.3 Å². The number of hydrogen-bond donors (Lipinski definition) is 2. The molecule has 2 aromatic heterocycles. The number of carbonyl (C=O) groups is 1. The molecule has 1 amide bonds. The molecule has 0 aliphatic carbocycles. The Bertz CT molecular complexity index is 1400. The van der Waals surface area contributed by atoms with E-state index in [2.05, 4.69) is 41.5 Å². The monoisotopic (exact) mass is 492 g/mol. The van der Waals surface area contributed by atoms with E-state index in [9.17, 15) is 9.59 Å². The zero-order valence-electron chi connectivity index (χ0n) is 18.8. The summed E-state index contributed by atoms with van der Waals surface area (Å²) >= 11 is 7.45. The number of amides is 1. The highest BCUT2D eigenvalue weighted by Gasteiger charge is 2.27. The Morgan fingerprint density at radius 2 is 2.09 bits per heavy atom. The highest BCUT2D eigenvalue weighted by Crippen LogP contribution is 2.32. The Morgan fingerprint density at radius 1 is 1.26 bits per heavy atom. The third kappa shape index (κ3) is 4.72. The summed E-state index contributed by atoms with van der Waals surface area (Å²) < 4.78 is 0.618. The van der Waals surface area contributed by atoms with Crippen LogP contribution in [0.1, 0.15) is 24.0 Å². The Kier molecular flexibility index (Phi) is 6.39. The number of nitrogens with one attached hydrogen (secondary N) is 2. The molecular weight excluding hydrogens is 468 g/mol. The number of halogens is 1. The fraction of sp³-hybridized carbons (Fsp3) is 0.269. The Labute approximate surface area is 206 Å². The van der Waals surface area contributed by atoms with Gasteiger partial charge in [0.2, 0.25) is 11.9 Å². The highest BCUT2D eigenvalue weighted by atomic mass is 35.5. The van der Waals surface area contributed by atoms with Crippen molar-refractivity contribution in [2.24, 2.45) is 5.92 Å². The second-order valence-corrected chi connectivity index (χ2v) is 10.0. The molecular formula is C26H25ClN4O2S. The van der Waals surface area contributed by atoms with Crippen LogP contribution in [0.15, 0.2) is 58.7 Å². The van der Waals surface area contributed by atoms with Gasteiger partial charge in [0.15, 0.2) is 0 Å². The molecule has 1 atom stereocenters. The molecule has 6 nitrogen and oxygen atoms in total. The predicted octanol–water partition coefficient (Wildman–Crippen LogP) is 5.15. The molecule has 2 N–H and O–H groups in total. The first kappa shape index (κ1) is 22.6. The molecule has 5 rings (SSSR count). The topological polar surface area (TPSA) is 78.1 Å². The molecule has 0 saturated carbocycles. The number of anilines is 1. The van der Waals surface area contributed by atoms with Crippen molar-refractivity contribution in [3.63, 3.8) is 0 Å². The summed E-state index contributed by atoms with van der Waals surface area (Å²) in [5, 5.41) is 5.67. The lowest BCUT2D eigenvalue weighted by molar-refractivity contribution is -0.125. The number of aromatic amines is 1. The molecule has 0 bridgehead atoms. The number of hydrogen-bond acceptors (Lipinski definition) is 5. The second-order valence-electron chi connectivity index (χ2n) is 8.72. The Morgan fingerprint density at radius 3 is 2.88 bits per heavy atom. The molecule has 0 radical (unpaired) electrons. The maximum absolute atomic E-state index is 12.9. The van der Waals surface area contributed by atoms with Gasteiger partial charge in [0, 0.05) is 35.6 Å². The van der Waals surface area contributed by atoms with E-state index in [-0.39, 0.29) is 17.4 Å². The molecule has 3 heterocycles. The number of nitrogens with zero attached hydrogens (tertiary/aromatic N) is 2. The maximum atomic E-state index is 12.9. The molecule has 174 valence electrons. The first-order valence-electron chi connectivity index (χ1n) is 11.3. The van der Waals surface area contributed by atoms with Gasteiger partial charge in [-0.25, -0.2) is 4.98 Å². The van der Waals surface area contributed by atoms with Crippen LogP contribution in [-0.4, -0.2) is 29.0 Å². The minimum Gasteiger partial charge on any atom is -0.352 e. The Balaban J connectivity index is 1.35. The molecule has 1 saturated heterocycles. The number of aryl methyl sites for hydroxylation is 1. The zero-order chi connectivity index (χ0) is 23.7. The van der Waals surface area contributed by atoms with Crippen LogP contribution in [0.25, 0.3) is 21.3 Å². The standard InChI is InChI=1S/C26H25ClN4O2S/c1-16-7-9-18(10-8-16)21-15-34-23-22(21)29-26(30-25(23)33)31-11-3-5-19(14-31)24(32)28-13-17-4-2-6-20(27)12-17/h2,4,6-10,12,15,19H,3,5,11,13-14H2,1H3,(H,28,32)(H,29,30,33). The van der Waals surface area contributed by atoms with Gasteiger partial charge < -0.3 is 10.2 Å². The third-order valence-corrected chi connectivity index (χ3v) is 7.43. The average molecular weight is 493 g/mol. The normalized spacial score (nSPS) is 16.1. The number of aromatic nitrogens is 2. The molecule has 34 heavy (non-hydrogen) atoms. The van der Waals surface area contributed by atoms with Crippen molar-refractivity contribution in [1.29, 1.82) is 0 Å². The summed E-state index contributed by atoms with van der Waals surface area (Å²) in [4.78, 5) is 35.5. The first-order valence-corrected chi connectivity index (χ1v) is 12.6. The second kappa shape index (κ2) is 9.60. The van der Waals surface area contributed by atoms with Gasteiger partial charge in [-0.2, -0.15) is 0 Å². The molecule has 1 aliphatic rings. The summed E-state index contributed by atoms with van der Waals surface area (Å²) in [6.45, 7) is 3.75. The predicted molar refractivity (Wildman–Crippen MR) is 139 cm³/mol. The Hall–Kier alpha value is -3.16. The fourth-order valence-corrected chi connectivity index (χ4v) is 5.49. The molecule has 1 unspecified atom stereocenters. The average Bonchev–Trinajstić information content (AvgIpc) is 3.28. The third-order valence-electron chi connectivity index (χ3n) is 6.22. The summed E-state index contributed by atoms with van der Waals surface area (Å²) in [7, 11) is 0. The number of piperidine rings is 1. The van der Waals surface area contributed by atoms with E-state index in [1.807, 2.05) is 34.5 Å². The summed E-state index contributed by atoms with van der Waals surface area (Å²) in [5.41, 5.74) is 4.71. The van der Waals surface area contributed by atoms with Gasteiger partial charge in [0.05, 0.1) is 11.4 Å². The van der Waals surface area contributed by atoms with Gasteiger partial charge in [0.1, 0.15) is 4.70 Å². The zero-order valence-corrected chi connectivity index (χ0v) is 20.4. The van der Waals surface area contributed by atoms with Crippen LogP contribution < -0.4 is 15.8 Å². The largest absolute Gasteiger partial charge is 0.352 e. The number of fused-ring (bicyclic) bond motifs is 1. The van der Waals surface area contributed by atoms with Gasteiger partial charge in [-0.3, -0.25) is 14.6 Å². The van der Waals surface area contributed by atoms with Crippen LogP contribution in [0.3, 0.4) is 0 Å². The van der Waals surface area contributed by atoms with Crippen molar-refractivity contribution in [3.8, 4) is 11.1 Å². The molecule has 2 aromatic carbocycles. The van der Waals surface area contributed by atoms with Gasteiger partial charge in [-0.05, 0) is 43.0 Å². The number of benzene rings is 2. The van der Waals surface area contributed by atoms with E-state index >= 15 is 0 Å². The first-order chi connectivity index (χ1) is 16.5. The van der Waals surface area contributed by atoms with E-state index in [1.165, 1.54) is 16.9 Å². The number of rotatable bonds is 5. The molecule has 8 heteroatoms. The van der Waals surface area contributed by atoms with Crippen molar-refractivity contribution in [2.75, 3.05) is 18.0 Å². The quantitative estimate of drug-likeness (QED) is 0.404. The SMILES string of the molecule is Cc1ccc(-c2csc3c(=O)[nH]c(N4CCCC(C(=O)NCc5cccc(Cl)c5)C4)nc23)cc1. The maximum Gasteiger partial charge on any atom is 0.270 e. The number of H-pyrrole nitrogens is 1. The van der Waals surface area contributed by atoms with Crippen molar-refractivity contribution in [1.82, 2.24) is 15.3 Å². The van der Waals surface area contributed by atoms with Crippen LogP contribution in [-0.2, 0) is 11.3 Å². The number of thiophene rings is 1. The lowest BCUT2D eigenvalue weighted by atomic mass is 9.97. The van der Waals surface area contributed by atoms with Crippen molar-refractivity contribution >= 4 is 45.0 Å². The van der Waals surface area contributed by atoms with Gasteiger partial charge in [-0.1, -0.05) is 53.6 Å². The van der Waals surface area contributed by atoms with Gasteiger partial charge >= 0.3 is 0 Å². The van der Waals surface area contributed by atoms with E-state index in [1.54, 1.807) is 0 Å². The molecule has 1 fully saturated rings. The minimum atomic E-state index is -0.173. The molecule has 1 aliphatic heterocycles.